The van der Waals surface area contributed by atoms with Crippen LogP contribution in [0.5, 0.6) is 0 Å². The van der Waals surface area contributed by atoms with Crippen molar-refractivity contribution in [1.29, 1.82) is 0 Å². The van der Waals surface area contributed by atoms with Crippen LogP contribution in [-0.2, 0) is 31.8 Å². The Balaban J connectivity index is 0.000000126. The maximum atomic E-state index is 12.7. The zero-order valence-corrected chi connectivity index (χ0v) is 88.4. The predicted molar refractivity (Wildman–Crippen MR) is 606 cm³/mol. The van der Waals surface area contributed by atoms with Gasteiger partial charge in [0.15, 0.2) is 23.3 Å². The molecule has 0 amide bonds. The van der Waals surface area contributed by atoms with Crippen LogP contribution < -0.4 is 81.6 Å². The van der Waals surface area contributed by atoms with Crippen LogP contribution in [-0.4, -0.2) is 148 Å². The van der Waals surface area contributed by atoms with E-state index in [1.54, 1.807) is 54.7 Å². The van der Waals surface area contributed by atoms with Crippen molar-refractivity contribution in [2.24, 2.45) is 13.0 Å². The maximum absolute atomic E-state index is 12.7. The van der Waals surface area contributed by atoms with Gasteiger partial charge in [-0.3, -0.25) is 25.0 Å². The topological polar surface area (TPSA) is 313 Å². The fourth-order valence-electron chi connectivity index (χ4n) is 19.9. The number of allylic oxidation sites excluding steroid dienone is 4. The molecule has 0 saturated carbocycles. The van der Waals surface area contributed by atoms with Crippen molar-refractivity contribution in [3.63, 3.8) is 0 Å². The SMILES string of the molecule is C=C1C=Cc2cc(Nc3nc(N4CCC(C)CC4)ncc3Cl)ccc2N1C.C=C1CCc2cc(Nc3cc(N4CCCCC4)c([N+](=O)[O-])cc3Cl)ccc2N1C.C=C1CCc2cc(Nc3cc(N4CCCCC4)c([N+](=O)[O-])cc3Cl)ccc2N1C.C=C1CCc2cc(Nc3nc(N4CCCCC4)ncc3Cl)ccc2N1C.Cn1c(=O)cc(NC(C)(C)c2ncccn2)c2cc(Nc3nc(N4CCCCC4)ncc3Cl)ccc21. The molecule has 12 aromatic rings. The lowest BCUT2D eigenvalue weighted by molar-refractivity contribution is -0.384. The highest BCUT2D eigenvalue weighted by atomic mass is 35.5. The van der Waals surface area contributed by atoms with Gasteiger partial charge in [0.1, 0.15) is 26.4 Å². The molecule has 0 radical (unpaired) electrons. The van der Waals surface area contributed by atoms with E-state index in [0.717, 1.165) is 245 Å². The lowest BCUT2D eigenvalue weighted by Crippen LogP contribution is -2.34. The number of halogens is 5. The van der Waals surface area contributed by atoms with Gasteiger partial charge in [0.25, 0.3) is 16.9 Å². The highest BCUT2D eigenvalue weighted by molar-refractivity contribution is 6.35. The highest BCUT2D eigenvalue weighted by Gasteiger charge is 2.32. The van der Waals surface area contributed by atoms with Gasteiger partial charge in [0.2, 0.25) is 17.8 Å². The summed E-state index contributed by atoms with van der Waals surface area (Å²) in [5.74, 6) is 5.41. The van der Waals surface area contributed by atoms with E-state index in [0.29, 0.717) is 82.8 Å². The zero-order valence-electron chi connectivity index (χ0n) is 84.7. The Hall–Kier alpha value is -14.0. The van der Waals surface area contributed by atoms with E-state index in [-0.39, 0.29) is 26.8 Å². The summed E-state index contributed by atoms with van der Waals surface area (Å²) in [5.41, 5.74) is 22.1. The second-order valence-electron chi connectivity index (χ2n) is 39.3. The Kier molecular flexibility index (Phi) is 33.2. The summed E-state index contributed by atoms with van der Waals surface area (Å²) in [7, 11) is 9.92. The van der Waals surface area contributed by atoms with Gasteiger partial charge in [-0.1, -0.05) is 97.3 Å². The van der Waals surface area contributed by atoms with Gasteiger partial charge in [-0.25, -0.2) is 24.9 Å². The normalized spacial score (nSPS) is 16.2. The van der Waals surface area contributed by atoms with Gasteiger partial charge in [0.05, 0.1) is 60.9 Å². The molecule has 14 heterocycles. The number of anilines is 20. The molecule has 21 rings (SSSR count). The summed E-state index contributed by atoms with van der Waals surface area (Å²) in [6.07, 6.45) is 34.3. The van der Waals surface area contributed by atoms with E-state index in [1.807, 2.05) is 89.6 Å². The number of nitro groups is 2. The molecule has 766 valence electrons. The van der Waals surface area contributed by atoms with Gasteiger partial charge in [-0.2, -0.15) is 15.0 Å². The summed E-state index contributed by atoms with van der Waals surface area (Å²) in [6.45, 7) is 31.8. The maximum Gasteiger partial charge on any atom is 0.294 e. The molecule has 147 heavy (non-hydrogen) atoms. The van der Waals surface area contributed by atoms with Gasteiger partial charge < -0.3 is 80.6 Å². The van der Waals surface area contributed by atoms with Crippen molar-refractivity contribution < 1.29 is 9.85 Å². The minimum absolute atomic E-state index is 0.0630. The average Bonchev–Trinajstić information content (AvgIpc) is 0.766. The van der Waals surface area contributed by atoms with E-state index >= 15 is 0 Å². The van der Waals surface area contributed by atoms with Crippen molar-refractivity contribution in [2.75, 3.05) is 170 Å². The molecule has 5 fully saturated rings. The fourth-order valence-corrected chi connectivity index (χ4v) is 20.7. The van der Waals surface area contributed by atoms with Crippen LogP contribution in [0.15, 0.2) is 218 Å². The third-order valence-electron chi connectivity index (χ3n) is 28.7. The van der Waals surface area contributed by atoms with Crippen molar-refractivity contribution in [2.45, 2.75) is 155 Å². The third-order valence-corrected chi connectivity index (χ3v) is 30.1. The first-order valence-corrected chi connectivity index (χ1v) is 52.4. The fraction of sp³-hybridized carbons (Fsp3) is 0.360. The third kappa shape index (κ3) is 25.0. The van der Waals surface area contributed by atoms with Gasteiger partial charge in [-0.15, -0.1) is 0 Å². The van der Waals surface area contributed by atoms with Crippen LogP contribution in [0.25, 0.3) is 17.0 Å². The van der Waals surface area contributed by atoms with Gasteiger partial charge in [0, 0.05) is 222 Å². The number of hydrogen-bond donors (Lipinski definition) is 6. The summed E-state index contributed by atoms with van der Waals surface area (Å²) < 4.78 is 1.63. The quantitative estimate of drug-likeness (QED) is 0.0305. The minimum atomic E-state index is -0.608. The number of piperidine rings is 5. The molecule has 36 heteroatoms. The number of rotatable bonds is 20. The minimum Gasteiger partial charge on any atom is -0.372 e. The Labute approximate surface area is 884 Å². The van der Waals surface area contributed by atoms with E-state index < -0.39 is 5.54 Å². The Bertz CT molecular complexity index is 6860. The van der Waals surface area contributed by atoms with Crippen LogP contribution in [0, 0.1) is 26.1 Å². The average molecular weight is 2080 g/mol. The standard InChI is InChI=1S/C26H29ClN8O.2C22H25ClN4O2.C21H24ClN5.C20H24ClN5/c1-26(2,24-28-10-7-11-29-24)33-20-15-22(36)34(3)21-9-8-17(14-18(20)21)31-23-19(27)16-30-25(32-23)35-12-5-4-6-13-35;2*1-15-6-7-16-12-17(8-9-20(16)25(15)2)24-19-14-21(26-10-4-3-5-11-26)22(27(28)29)13-18(19)23;1-14-8-10-27(11-9-14)21-23-13-18(22)20(25-21)24-17-6-7-19-16(12-17)5-4-15(2)26(19)3;1-14-6-7-15-12-16(8-9-18(15)25(14)2)23-19-17(21)13-22-20(24-19)26-10-4-3-5-11-26/h7-11,14-16,33H,4-6,12-13H2,1-3H3,(H,30,31,32);2*8-9,12-14,24H,1,3-7,10-11H2,2H3;4-7,12-14H,2,8-11H2,1,3H3,(H,23,24,25);8-9,12-13H,1,3-7,10-11H2,2H3,(H,22,23,24). The Morgan fingerprint density at radius 2 is 0.755 bits per heavy atom. The molecule has 5 aromatic heterocycles. The summed E-state index contributed by atoms with van der Waals surface area (Å²) in [4.78, 5) is 90.7. The lowest BCUT2D eigenvalue weighted by atomic mass is 9.99. The van der Waals surface area contributed by atoms with E-state index in [1.165, 1.54) is 85.9 Å². The number of pyridine rings is 1. The van der Waals surface area contributed by atoms with Crippen LogP contribution in [0.1, 0.15) is 158 Å². The first-order chi connectivity index (χ1) is 70.8. The number of nitro benzene ring substituents is 2. The first kappa shape index (κ1) is 104. The van der Waals surface area contributed by atoms with E-state index in [4.69, 9.17) is 63.0 Å². The molecule has 31 nitrogen and oxygen atoms in total. The molecular weight excluding hydrogens is 1950 g/mol. The molecule has 5 saturated heterocycles. The van der Waals surface area contributed by atoms with E-state index in [2.05, 4.69) is 212 Å². The van der Waals surface area contributed by atoms with Crippen LogP contribution >= 0.6 is 58.0 Å². The molecule has 9 aliphatic heterocycles. The zero-order chi connectivity index (χ0) is 103. The molecule has 0 unspecified atom stereocenters. The number of nitrogens with one attached hydrogen (secondary N) is 6. The Morgan fingerprint density at radius 1 is 0.388 bits per heavy atom. The second-order valence-corrected chi connectivity index (χ2v) is 41.3. The monoisotopic (exact) mass is 2080 g/mol. The lowest BCUT2D eigenvalue weighted by Gasteiger charge is -2.30. The van der Waals surface area contributed by atoms with Crippen molar-refractivity contribution >= 4 is 201 Å². The largest absolute Gasteiger partial charge is 0.372 e. The van der Waals surface area contributed by atoms with Gasteiger partial charge >= 0.3 is 0 Å². The Morgan fingerprint density at radius 3 is 1.16 bits per heavy atom. The predicted octanol–water partition coefficient (Wildman–Crippen LogP) is 26.5. The molecule has 0 aliphatic carbocycles. The number of fused-ring (bicyclic) bond motifs is 5. The van der Waals surface area contributed by atoms with Crippen LogP contribution in [0.2, 0.25) is 25.1 Å². The first-order valence-electron chi connectivity index (χ1n) is 50.5. The number of aromatic nitrogens is 9. The molecule has 9 aliphatic rings. The van der Waals surface area contributed by atoms with E-state index in [9.17, 15) is 25.0 Å². The smallest absolute Gasteiger partial charge is 0.294 e. The summed E-state index contributed by atoms with van der Waals surface area (Å²) >= 11 is 32.0. The molecule has 0 atom stereocenters. The molecule has 0 spiro atoms. The highest BCUT2D eigenvalue weighted by Crippen LogP contribution is 2.46. The second kappa shape index (κ2) is 46.8. The number of nitrogens with zero attached hydrogens (tertiary/aromatic N) is 20. The molecule has 7 aromatic carbocycles. The number of hydrogen-bond acceptors (Lipinski definition) is 28. The number of likely N-dealkylation sites (N-methyl/N-ethyl adjacent to an activating group) is 1. The van der Waals surface area contributed by atoms with Crippen LogP contribution in [0.4, 0.5) is 126 Å². The molecule has 0 bridgehead atoms. The molecule has 6 N–H and O–H groups in total. The molecular formula is C111H127Cl5N26O5. The van der Waals surface area contributed by atoms with Crippen LogP contribution in [0.3, 0.4) is 0 Å². The number of benzene rings is 7. The van der Waals surface area contributed by atoms with Gasteiger partial charge in [-0.05, 0) is 280 Å². The van der Waals surface area contributed by atoms with Crippen molar-refractivity contribution in [3.05, 3.63) is 297 Å². The van der Waals surface area contributed by atoms with Crippen molar-refractivity contribution in [3.8, 4) is 0 Å². The summed E-state index contributed by atoms with van der Waals surface area (Å²) in [5, 5.41) is 46.5. The summed E-state index contributed by atoms with van der Waals surface area (Å²) in [6, 6.07) is 40.7. The number of aryl methyl sites for hydroxylation is 4. The van der Waals surface area contributed by atoms with Crippen molar-refractivity contribution in [1.82, 2.24) is 44.4 Å².